The van der Waals surface area contributed by atoms with Crippen molar-refractivity contribution in [3.05, 3.63) is 0 Å². The van der Waals surface area contributed by atoms with Crippen LogP contribution in [0, 0.1) is 12.3 Å². The minimum absolute atomic E-state index is 0.166. The van der Waals surface area contributed by atoms with E-state index in [0.29, 0.717) is 0 Å². The molecule has 0 rings (SSSR count). The van der Waals surface area contributed by atoms with Crippen LogP contribution in [-0.2, 0) is 0 Å². The van der Waals surface area contributed by atoms with Gasteiger partial charge in [0.15, 0.2) is 0 Å². The largest absolute Gasteiger partial charge is 0.164 e. The molecule has 5 heavy (non-hydrogen) atoms. The molecule has 0 saturated heterocycles. The van der Waals surface area contributed by atoms with Gasteiger partial charge in [0.25, 0.3) is 0 Å². The van der Waals surface area contributed by atoms with Crippen LogP contribution in [0.2, 0.25) is 0 Å². The monoisotopic (exact) mass is 90.0 g/mol. The van der Waals surface area contributed by atoms with E-state index in [1.165, 1.54) is 0 Å². The summed E-state index contributed by atoms with van der Waals surface area (Å²) in [4.78, 5) is 0. The lowest BCUT2D eigenvalue weighted by molar-refractivity contribution is 0.941. The van der Waals surface area contributed by atoms with Crippen LogP contribution < -0.4 is 0 Å². The molecule has 0 N–H and O–H groups in total. The third-order valence-corrected chi connectivity index (χ3v) is 0.414. The standard InChI is InChI=1S/C3H3FS/c1-2-3-5-4/h1H,3H2. The topological polar surface area (TPSA) is 0 Å². The van der Waals surface area contributed by atoms with E-state index in [1.807, 2.05) is 0 Å². The van der Waals surface area contributed by atoms with Crippen molar-refractivity contribution in [2.24, 2.45) is 0 Å². The summed E-state index contributed by atoms with van der Waals surface area (Å²) in [7, 11) is 0. The number of rotatable bonds is 1. The van der Waals surface area contributed by atoms with Crippen molar-refractivity contribution in [2.75, 3.05) is 5.75 Å². The van der Waals surface area contributed by atoms with E-state index in [9.17, 15) is 3.89 Å². The quantitative estimate of drug-likeness (QED) is 0.436. The van der Waals surface area contributed by atoms with Crippen molar-refractivity contribution in [1.29, 1.82) is 0 Å². The summed E-state index contributed by atoms with van der Waals surface area (Å²) in [5, 5.41) is 0. The Kier molecular flexibility index (Phi) is 3.72. The lowest BCUT2D eigenvalue weighted by atomic mass is 10.8. The molecule has 0 bridgehead atoms. The molecule has 0 aliphatic carbocycles. The van der Waals surface area contributed by atoms with Crippen LogP contribution in [0.5, 0.6) is 0 Å². The Hall–Kier alpha value is -0.160. The maximum atomic E-state index is 10.8. The van der Waals surface area contributed by atoms with E-state index in [-0.39, 0.29) is 17.9 Å². The smallest absolute Gasteiger partial charge is 0.0860 e. The third-order valence-electron chi connectivity index (χ3n) is 0.138. The molecule has 0 atom stereocenters. The zero-order valence-corrected chi connectivity index (χ0v) is 3.39. The molecule has 0 radical (unpaired) electrons. The van der Waals surface area contributed by atoms with Gasteiger partial charge in [-0.2, -0.15) is 3.89 Å². The van der Waals surface area contributed by atoms with Gasteiger partial charge in [0.2, 0.25) is 0 Å². The summed E-state index contributed by atoms with van der Waals surface area (Å²) in [6, 6.07) is 0. The van der Waals surface area contributed by atoms with Crippen LogP contribution in [0.25, 0.3) is 0 Å². The molecule has 0 aromatic heterocycles. The fourth-order valence-corrected chi connectivity index (χ4v) is 0.0945. The Morgan fingerprint density at radius 1 is 2.00 bits per heavy atom. The van der Waals surface area contributed by atoms with E-state index in [2.05, 4.69) is 12.3 Å². The summed E-state index contributed by atoms with van der Waals surface area (Å²) >= 11 is 0.166. The first-order chi connectivity index (χ1) is 2.41. The van der Waals surface area contributed by atoms with Crippen molar-refractivity contribution in [3.63, 3.8) is 0 Å². The number of terminal acetylenes is 1. The van der Waals surface area contributed by atoms with Crippen LogP contribution in [0.4, 0.5) is 3.89 Å². The highest BCUT2D eigenvalue weighted by molar-refractivity contribution is 7.94. The molecule has 0 aromatic carbocycles. The second kappa shape index (κ2) is 3.84. The predicted molar refractivity (Wildman–Crippen MR) is 22.4 cm³/mol. The van der Waals surface area contributed by atoms with Crippen molar-refractivity contribution < 1.29 is 3.89 Å². The van der Waals surface area contributed by atoms with Crippen molar-refractivity contribution in [3.8, 4) is 12.3 Å². The highest BCUT2D eigenvalue weighted by Crippen LogP contribution is 1.94. The Balaban J connectivity index is 2.48. The fourth-order valence-electron chi connectivity index (χ4n) is 0.0315. The van der Waals surface area contributed by atoms with E-state index in [4.69, 9.17) is 0 Å². The van der Waals surface area contributed by atoms with Crippen LogP contribution in [0.15, 0.2) is 0 Å². The second-order valence-corrected chi connectivity index (χ2v) is 0.964. The van der Waals surface area contributed by atoms with Gasteiger partial charge in [-0.1, -0.05) is 5.92 Å². The van der Waals surface area contributed by atoms with E-state index in [0.717, 1.165) is 0 Å². The predicted octanol–water partition coefficient (Wildman–Crippen LogP) is 1.24. The second-order valence-electron chi connectivity index (χ2n) is 0.458. The molecule has 0 nitrogen and oxygen atoms in total. The molecule has 0 saturated carbocycles. The zero-order valence-electron chi connectivity index (χ0n) is 2.57. The summed E-state index contributed by atoms with van der Waals surface area (Å²) in [5.41, 5.74) is 0. The molecule has 0 spiro atoms. The number of hydrogen-bond acceptors (Lipinski definition) is 1. The molecule has 0 amide bonds. The van der Waals surface area contributed by atoms with E-state index in [1.54, 1.807) is 0 Å². The Morgan fingerprint density at radius 3 is 2.60 bits per heavy atom. The Morgan fingerprint density at radius 2 is 2.60 bits per heavy atom. The molecule has 0 unspecified atom stereocenters. The Bertz CT molecular complexity index is 45.3. The Labute approximate surface area is 35.1 Å². The summed E-state index contributed by atoms with van der Waals surface area (Å²) in [6.45, 7) is 0. The van der Waals surface area contributed by atoms with Crippen molar-refractivity contribution in [2.45, 2.75) is 0 Å². The lowest BCUT2D eigenvalue weighted by Crippen LogP contribution is -1.55. The molecular formula is C3H3FS. The van der Waals surface area contributed by atoms with Gasteiger partial charge in [0.1, 0.15) is 0 Å². The molecule has 0 heterocycles. The first-order valence-corrected chi connectivity index (χ1v) is 1.97. The first-order valence-electron chi connectivity index (χ1n) is 1.09. The minimum atomic E-state index is 0.166. The van der Waals surface area contributed by atoms with Gasteiger partial charge in [-0.05, 0) is 0 Å². The molecule has 0 aliphatic heterocycles. The van der Waals surface area contributed by atoms with Gasteiger partial charge in [0.05, 0.1) is 17.9 Å². The van der Waals surface area contributed by atoms with Crippen molar-refractivity contribution >= 4 is 12.1 Å². The van der Waals surface area contributed by atoms with Crippen LogP contribution in [-0.4, -0.2) is 5.75 Å². The number of hydrogen-bond donors (Lipinski definition) is 0. The number of halogens is 1. The van der Waals surface area contributed by atoms with Gasteiger partial charge in [-0.25, -0.2) is 0 Å². The SMILES string of the molecule is C#CCSF. The normalized spacial score (nSPS) is 6.40. The highest BCUT2D eigenvalue weighted by atomic mass is 32.2. The van der Waals surface area contributed by atoms with E-state index >= 15 is 0 Å². The fraction of sp³-hybridized carbons (Fsp3) is 0.333. The average Bonchev–Trinajstić information content (AvgIpc) is 1.41. The lowest BCUT2D eigenvalue weighted by Gasteiger charge is -1.64. The molecule has 0 aliphatic rings. The molecular weight excluding hydrogens is 87.1 g/mol. The summed E-state index contributed by atoms with van der Waals surface area (Å²) in [5.74, 6) is 2.27. The third kappa shape index (κ3) is 3.84. The maximum absolute atomic E-state index is 10.8. The summed E-state index contributed by atoms with van der Waals surface area (Å²) < 4.78 is 10.8. The van der Waals surface area contributed by atoms with Crippen LogP contribution in [0.3, 0.4) is 0 Å². The molecule has 28 valence electrons. The highest BCUT2D eigenvalue weighted by Gasteiger charge is 1.67. The molecule has 0 fully saturated rings. The van der Waals surface area contributed by atoms with Gasteiger partial charge in [0, 0.05) is 0 Å². The molecule has 2 heteroatoms. The summed E-state index contributed by atoms with van der Waals surface area (Å²) in [6.07, 6.45) is 4.63. The average molecular weight is 90.1 g/mol. The van der Waals surface area contributed by atoms with Crippen LogP contribution in [0.1, 0.15) is 0 Å². The van der Waals surface area contributed by atoms with Gasteiger partial charge in [-0.3, -0.25) is 0 Å². The minimum Gasteiger partial charge on any atom is -0.164 e. The first kappa shape index (κ1) is 4.84. The zero-order chi connectivity index (χ0) is 4.12. The maximum Gasteiger partial charge on any atom is 0.0860 e. The van der Waals surface area contributed by atoms with E-state index < -0.39 is 0 Å². The van der Waals surface area contributed by atoms with Gasteiger partial charge in [-0.15, -0.1) is 6.42 Å². The van der Waals surface area contributed by atoms with Gasteiger partial charge >= 0.3 is 0 Å². The van der Waals surface area contributed by atoms with Gasteiger partial charge < -0.3 is 0 Å². The van der Waals surface area contributed by atoms with Crippen LogP contribution >= 0.6 is 12.1 Å². The molecule has 0 aromatic rings. The van der Waals surface area contributed by atoms with Crippen molar-refractivity contribution in [1.82, 2.24) is 0 Å².